The zero-order valence-electron chi connectivity index (χ0n) is 20.9. The molecular formula is C31H30ClNO4. The summed E-state index contributed by atoms with van der Waals surface area (Å²) in [5.74, 6) is -2.23. The number of carboxylic acid groups (broad SMARTS) is 1. The number of hydrogen-bond donors (Lipinski definition) is 2. The van der Waals surface area contributed by atoms with Crippen LogP contribution in [0.5, 0.6) is 0 Å². The molecule has 0 saturated heterocycles. The highest BCUT2D eigenvalue weighted by Gasteiger charge is 2.37. The Balaban J connectivity index is 1.51. The molecule has 4 rings (SSSR count). The minimum absolute atomic E-state index is 0.105. The molecule has 0 radical (unpaired) electrons. The van der Waals surface area contributed by atoms with Crippen LogP contribution >= 0.6 is 11.6 Å². The monoisotopic (exact) mass is 515 g/mol. The fourth-order valence-electron chi connectivity index (χ4n) is 4.99. The normalized spacial score (nSPS) is 15.5. The second kappa shape index (κ2) is 11.9. The van der Waals surface area contributed by atoms with Crippen LogP contribution in [0.2, 0.25) is 5.02 Å². The maximum absolute atomic E-state index is 13.4. The number of aliphatic carboxylic acids is 1. The fourth-order valence-corrected chi connectivity index (χ4v) is 5.19. The number of esters is 1. The minimum Gasteiger partial charge on any atom is -0.478 e. The molecule has 0 amide bonds. The second-order valence-corrected chi connectivity index (χ2v) is 9.58. The molecule has 0 spiro atoms. The molecule has 1 unspecified atom stereocenters. The van der Waals surface area contributed by atoms with E-state index in [1.807, 2.05) is 36.4 Å². The Morgan fingerprint density at radius 3 is 2.05 bits per heavy atom. The molecule has 37 heavy (non-hydrogen) atoms. The van der Waals surface area contributed by atoms with Crippen molar-refractivity contribution < 1.29 is 19.4 Å². The van der Waals surface area contributed by atoms with Gasteiger partial charge in [-0.2, -0.15) is 0 Å². The van der Waals surface area contributed by atoms with Crippen LogP contribution in [0, 0.1) is 0 Å². The van der Waals surface area contributed by atoms with E-state index in [-0.39, 0.29) is 23.7 Å². The van der Waals surface area contributed by atoms with E-state index in [4.69, 9.17) is 16.3 Å². The number of carbonyl (C=O) groups is 2. The van der Waals surface area contributed by atoms with Gasteiger partial charge in [0.1, 0.15) is 0 Å². The van der Waals surface area contributed by atoms with Gasteiger partial charge < -0.3 is 15.2 Å². The first-order chi connectivity index (χ1) is 17.9. The number of halogens is 1. The van der Waals surface area contributed by atoms with E-state index in [0.717, 1.165) is 6.42 Å². The minimum atomic E-state index is -1.10. The van der Waals surface area contributed by atoms with E-state index in [1.165, 1.54) is 11.1 Å². The second-order valence-electron chi connectivity index (χ2n) is 9.15. The third kappa shape index (κ3) is 6.12. The number of dihydropyridines is 1. The summed E-state index contributed by atoms with van der Waals surface area (Å²) in [7, 11) is 0. The Bertz CT molecular complexity index is 1290. The van der Waals surface area contributed by atoms with Gasteiger partial charge in [-0.1, -0.05) is 84.4 Å². The Labute approximate surface area is 222 Å². The molecule has 1 heterocycles. The van der Waals surface area contributed by atoms with Crippen LogP contribution in [0.15, 0.2) is 107 Å². The van der Waals surface area contributed by atoms with Gasteiger partial charge in [0.25, 0.3) is 0 Å². The molecule has 2 N–H and O–H groups in total. The molecule has 3 aromatic carbocycles. The lowest BCUT2D eigenvalue weighted by Crippen LogP contribution is -2.32. The van der Waals surface area contributed by atoms with E-state index in [1.54, 1.807) is 38.1 Å². The highest BCUT2D eigenvalue weighted by Crippen LogP contribution is 2.39. The Morgan fingerprint density at radius 2 is 1.49 bits per heavy atom. The summed E-state index contributed by atoms with van der Waals surface area (Å²) < 4.78 is 5.73. The zero-order chi connectivity index (χ0) is 26.4. The number of nitrogens with one attached hydrogen (secondary N) is 1. The maximum atomic E-state index is 13.4. The predicted molar refractivity (Wildman–Crippen MR) is 145 cm³/mol. The molecule has 0 bridgehead atoms. The quantitative estimate of drug-likeness (QED) is 0.242. The molecule has 0 aromatic heterocycles. The third-order valence-electron chi connectivity index (χ3n) is 6.67. The Kier molecular flexibility index (Phi) is 8.47. The Morgan fingerprint density at radius 1 is 0.892 bits per heavy atom. The van der Waals surface area contributed by atoms with E-state index in [9.17, 15) is 14.7 Å². The summed E-state index contributed by atoms with van der Waals surface area (Å²) in [4.78, 5) is 25.6. The molecule has 0 aliphatic carbocycles. The molecule has 6 heteroatoms. The number of carbonyl (C=O) groups excluding carboxylic acids is 1. The summed E-state index contributed by atoms with van der Waals surface area (Å²) in [6, 6.07) is 27.5. The molecule has 3 aromatic rings. The average molecular weight is 516 g/mol. The molecular weight excluding hydrogens is 486 g/mol. The number of ether oxygens (including phenoxy) is 1. The summed E-state index contributed by atoms with van der Waals surface area (Å²) in [5.41, 5.74) is 4.50. The molecule has 5 nitrogen and oxygen atoms in total. The highest BCUT2D eigenvalue weighted by molar-refractivity contribution is 6.30. The predicted octanol–water partition coefficient (Wildman–Crippen LogP) is 6.81. The Hall–Kier alpha value is -3.83. The SMILES string of the molecule is CC1=C(C(=O)O)C(c2cccc(Cl)c2)C(C(=O)OCCCC(c2ccccc2)c2ccccc2)=C(C)N1. The topological polar surface area (TPSA) is 75.6 Å². The van der Waals surface area contributed by atoms with Crippen LogP contribution in [0.4, 0.5) is 0 Å². The molecule has 1 aliphatic heterocycles. The standard InChI is InChI=1S/C31H30ClNO4/c1-20-27(30(34)35)29(24-15-9-16-25(32)19-24)28(21(2)33-20)31(36)37-18-10-17-26(22-11-5-3-6-12-22)23-13-7-4-8-14-23/h3-9,11-16,19,26,29,33H,10,17-18H2,1-2H3,(H,34,35). The first kappa shape index (κ1) is 26.2. The van der Waals surface area contributed by atoms with Crippen molar-refractivity contribution in [2.24, 2.45) is 0 Å². The van der Waals surface area contributed by atoms with Gasteiger partial charge in [0.05, 0.1) is 23.7 Å². The zero-order valence-corrected chi connectivity index (χ0v) is 21.7. The van der Waals surface area contributed by atoms with Crippen molar-refractivity contribution in [3.63, 3.8) is 0 Å². The summed E-state index contributed by atoms with van der Waals surface area (Å²) in [5, 5.41) is 13.5. The van der Waals surface area contributed by atoms with Crippen LogP contribution in [0.1, 0.15) is 55.2 Å². The van der Waals surface area contributed by atoms with Crippen LogP contribution in [-0.4, -0.2) is 23.7 Å². The number of benzene rings is 3. The lowest BCUT2D eigenvalue weighted by atomic mass is 9.80. The van der Waals surface area contributed by atoms with Crippen LogP contribution in [0.3, 0.4) is 0 Å². The van der Waals surface area contributed by atoms with Gasteiger partial charge in [0.2, 0.25) is 0 Å². The summed E-state index contributed by atoms with van der Waals surface area (Å²) >= 11 is 6.21. The molecule has 190 valence electrons. The lowest BCUT2D eigenvalue weighted by Gasteiger charge is -2.29. The van der Waals surface area contributed by atoms with Crippen molar-refractivity contribution in [2.45, 2.75) is 38.5 Å². The highest BCUT2D eigenvalue weighted by atomic mass is 35.5. The first-order valence-electron chi connectivity index (χ1n) is 12.3. The van der Waals surface area contributed by atoms with E-state index >= 15 is 0 Å². The van der Waals surface area contributed by atoms with Crippen LogP contribution in [0.25, 0.3) is 0 Å². The maximum Gasteiger partial charge on any atom is 0.336 e. The number of rotatable bonds is 9. The molecule has 1 atom stereocenters. The van der Waals surface area contributed by atoms with Gasteiger partial charge in [-0.3, -0.25) is 0 Å². The van der Waals surface area contributed by atoms with Crippen molar-refractivity contribution in [3.05, 3.63) is 129 Å². The first-order valence-corrected chi connectivity index (χ1v) is 12.7. The van der Waals surface area contributed by atoms with E-state index in [0.29, 0.717) is 28.4 Å². The molecule has 0 fully saturated rings. The number of allylic oxidation sites excluding steroid dienone is 2. The van der Waals surface area contributed by atoms with Gasteiger partial charge in [0.15, 0.2) is 0 Å². The van der Waals surface area contributed by atoms with Crippen molar-refractivity contribution >= 4 is 23.5 Å². The van der Waals surface area contributed by atoms with E-state index < -0.39 is 17.9 Å². The van der Waals surface area contributed by atoms with Gasteiger partial charge in [-0.15, -0.1) is 0 Å². The fraction of sp³-hybridized carbons (Fsp3) is 0.226. The van der Waals surface area contributed by atoms with Gasteiger partial charge in [0, 0.05) is 22.3 Å². The lowest BCUT2D eigenvalue weighted by molar-refractivity contribution is -0.139. The largest absolute Gasteiger partial charge is 0.478 e. The van der Waals surface area contributed by atoms with E-state index in [2.05, 4.69) is 29.6 Å². The van der Waals surface area contributed by atoms with Gasteiger partial charge in [-0.25, -0.2) is 9.59 Å². The molecule has 0 saturated carbocycles. The average Bonchev–Trinajstić information content (AvgIpc) is 2.89. The van der Waals surface area contributed by atoms with Crippen molar-refractivity contribution in [1.82, 2.24) is 5.32 Å². The van der Waals surface area contributed by atoms with Crippen LogP contribution in [-0.2, 0) is 14.3 Å². The van der Waals surface area contributed by atoms with Crippen molar-refractivity contribution in [2.75, 3.05) is 6.61 Å². The summed E-state index contributed by atoms with van der Waals surface area (Å²) in [6.45, 7) is 3.68. The number of hydrogen-bond acceptors (Lipinski definition) is 4. The van der Waals surface area contributed by atoms with Crippen molar-refractivity contribution in [3.8, 4) is 0 Å². The van der Waals surface area contributed by atoms with Gasteiger partial charge >= 0.3 is 11.9 Å². The third-order valence-corrected chi connectivity index (χ3v) is 6.90. The van der Waals surface area contributed by atoms with Crippen molar-refractivity contribution in [1.29, 1.82) is 0 Å². The van der Waals surface area contributed by atoms with Gasteiger partial charge in [-0.05, 0) is 55.5 Å². The van der Waals surface area contributed by atoms with Crippen LogP contribution < -0.4 is 5.32 Å². The number of carboxylic acids is 1. The molecule has 1 aliphatic rings. The smallest absolute Gasteiger partial charge is 0.336 e. The summed E-state index contributed by atoms with van der Waals surface area (Å²) in [6.07, 6.45) is 1.46.